The van der Waals surface area contributed by atoms with E-state index in [1.807, 2.05) is 38.8 Å². The molecule has 1 aromatic rings. The fourth-order valence-corrected chi connectivity index (χ4v) is 1.90. The van der Waals surface area contributed by atoms with Crippen LogP contribution in [0.4, 0.5) is 0 Å². The van der Waals surface area contributed by atoms with E-state index in [1.165, 1.54) is 4.88 Å². The fourth-order valence-electron chi connectivity index (χ4n) is 1.15. The maximum Gasteiger partial charge on any atom is 0.191 e. The van der Waals surface area contributed by atoms with Crippen molar-refractivity contribution in [2.75, 3.05) is 7.05 Å². The third-order valence-electron chi connectivity index (χ3n) is 1.81. The molecule has 2 N–H and O–H groups in total. The van der Waals surface area contributed by atoms with Gasteiger partial charge >= 0.3 is 0 Å². The van der Waals surface area contributed by atoms with Crippen LogP contribution in [0, 0.1) is 0 Å². The molecular formula is C11H19N3S. The van der Waals surface area contributed by atoms with E-state index in [1.54, 1.807) is 11.3 Å². The lowest BCUT2D eigenvalue weighted by molar-refractivity contribution is 0.478. The molecule has 84 valence electrons. The normalized spacial score (nSPS) is 12.9. The molecule has 15 heavy (non-hydrogen) atoms. The Morgan fingerprint density at radius 2 is 2.20 bits per heavy atom. The first-order valence-electron chi connectivity index (χ1n) is 4.97. The molecule has 0 saturated carbocycles. The Bertz CT molecular complexity index is 322. The summed E-state index contributed by atoms with van der Waals surface area (Å²) in [6.45, 7) is 6.94. The molecule has 0 unspecified atom stereocenters. The maximum absolute atomic E-state index is 5.90. The van der Waals surface area contributed by atoms with Crippen LogP contribution >= 0.6 is 11.3 Å². The first kappa shape index (κ1) is 12.0. The van der Waals surface area contributed by atoms with Crippen LogP contribution in [0.2, 0.25) is 0 Å². The van der Waals surface area contributed by atoms with Crippen LogP contribution < -0.4 is 5.73 Å². The number of nitrogens with zero attached hydrogens (tertiary/aromatic N) is 2. The van der Waals surface area contributed by atoms with Crippen molar-refractivity contribution in [3.63, 3.8) is 0 Å². The largest absolute Gasteiger partial charge is 0.370 e. The van der Waals surface area contributed by atoms with E-state index in [4.69, 9.17) is 5.73 Å². The van der Waals surface area contributed by atoms with Gasteiger partial charge in [0.05, 0.1) is 12.1 Å². The molecule has 0 atom stereocenters. The summed E-state index contributed by atoms with van der Waals surface area (Å²) in [6.07, 6.45) is 0. The highest BCUT2D eigenvalue weighted by molar-refractivity contribution is 7.09. The third-order valence-corrected chi connectivity index (χ3v) is 2.68. The number of thiophene rings is 1. The van der Waals surface area contributed by atoms with E-state index in [0.29, 0.717) is 5.96 Å². The summed E-state index contributed by atoms with van der Waals surface area (Å²) in [6, 6.07) is 4.15. The second-order valence-electron chi connectivity index (χ2n) is 4.58. The standard InChI is InChI=1S/C11H19N3S/c1-11(2,3)13-10(12)14(4)8-9-6-5-7-15-9/h5-7H,8H2,1-4H3,(H2,12,13). The molecule has 0 bridgehead atoms. The van der Waals surface area contributed by atoms with Gasteiger partial charge in [0.1, 0.15) is 0 Å². The summed E-state index contributed by atoms with van der Waals surface area (Å²) in [5.74, 6) is 0.593. The molecule has 1 heterocycles. The van der Waals surface area contributed by atoms with Crippen LogP contribution in [0.3, 0.4) is 0 Å². The average Bonchev–Trinajstić information content (AvgIpc) is 2.53. The zero-order chi connectivity index (χ0) is 11.5. The monoisotopic (exact) mass is 225 g/mol. The van der Waals surface area contributed by atoms with E-state index in [2.05, 4.69) is 16.4 Å². The smallest absolute Gasteiger partial charge is 0.191 e. The molecule has 0 spiro atoms. The minimum Gasteiger partial charge on any atom is -0.370 e. The average molecular weight is 225 g/mol. The van der Waals surface area contributed by atoms with Crippen LogP contribution in [-0.2, 0) is 6.54 Å². The Morgan fingerprint density at radius 1 is 1.53 bits per heavy atom. The van der Waals surface area contributed by atoms with Gasteiger partial charge in [-0.3, -0.25) is 0 Å². The van der Waals surface area contributed by atoms with Crippen molar-refractivity contribution in [1.82, 2.24) is 4.90 Å². The van der Waals surface area contributed by atoms with Crippen LogP contribution in [0.5, 0.6) is 0 Å². The minimum atomic E-state index is -0.117. The van der Waals surface area contributed by atoms with Gasteiger partial charge in [-0.2, -0.15) is 0 Å². The first-order valence-corrected chi connectivity index (χ1v) is 5.85. The highest BCUT2D eigenvalue weighted by Crippen LogP contribution is 2.12. The van der Waals surface area contributed by atoms with Gasteiger partial charge in [-0.1, -0.05) is 6.07 Å². The molecule has 0 amide bonds. The van der Waals surface area contributed by atoms with Crippen LogP contribution in [0.15, 0.2) is 22.5 Å². The second-order valence-corrected chi connectivity index (χ2v) is 5.61. The second kappa shape index (κ2) is 4.66. The van der Waals surface area contributed by atoms with Gasteiger partial charge in [0.2, 0.25) is 0 Å². The number of guanidine groups is 1. The number of hydrogen-bond acceptors (Lipinski definition) is 2. The lowest BCUT2D eigenvalue weighted by atomic mass is 10.1. The summed E-state index contributed by atoms with van der Waals surface area (Å²) < 4.78 is 0. The van der Waals surface area contributed by atoms with Crippen LogP contribution in [0.1, 0.15) is 25.6 Å². The quantitative estimate of drug-likeness (QED) is 0.620. The first-order chi connectivity index (χ1) is 6.88. The highest BCUT2D eigenvalue weighted by Gasteiger charge is 2.11. The van der Waals surface area contributed by atoms with Crippen molar-refractivity contribution in [1.29, 1.82) is 0 Å². The van der Waals surface area contributed by atoms with Crippen molar-refractivity contribution in [2.24, 2.45) is 10.7 Å². The molecule has 3 nitrogen and oxygen atoms in total. The SMILES string of the molecule is CN(Cc1cccs1)C(N)=NC(C)(C)C. The number of aliphatic imine (C=N–C) groups is 1. The molecule has 0 aliphatic carbocycles. The van der Waals surface area contributed by atoms with Crippen molar-refractivity contribution in [2.45, 2.75) is 32.9 Å². The molecule has 0 radical (unpaired) electrons. The highest BCUT2D eigenvalue weighted by atomic mass is 32.1. The molecular weight excluding hydrogens is 206 g/mol. The summed E-state index contributed by atoms with van der Waals surface area (Å²) in [5.41, 5.74) is 5.78. The minimum absolute atomic E-state index is 0.117. The molecule has 4 heteroatoms. The molecule has 0 aliphatic rings. The maximum atomic E-state index is 5.90. The molecule has 0 fully saturated rings. The molecule has 1 aromatic heterocycles. The number of rotatable bonds is 2. The zero-order valence-electron chi connectivity index (χ0n) is 9.82. The van der Waals surface area contributed by atoms with Crippen LogP contribution in [-0.4, -0.2) is 23.4 Å². The van der Waals surface area contributed by atoms with Crippen molar-refractivity contribution < 1.29 is 0 Å². The number of hydrogen-bond donors (Lipinski definition) is 1. The van der Waals surface area contributed by atoms with E-state index in [-0.39, 0.29) is 5.54 Å². The lowest BCUT2D eigenvalue weighted by Crippen LogP contribution is -2.35. The van der Waals surface area contributed by atoms with Gasteiger partial charge in [-0.25, -0.2) is 4.99 Å². The zero-order valence-corrected chi connectivity index (χ0v) is 10.6. The van der Waals surface area contributed by atoms with Gasteiger partial charge in [-0.05, 0) is 32.2 Å². The van der Waals surface area contributed by atoms with Gasteiger partial charge in [0.15, 0.2) is 5.96 Å². The summed E-state index contributed by atoms with van der Waals surface area (Å²) in [5, 5.41) is 2.07. The molecule has 1 rings (SSSR count). The fraction of sp³-hybridized carbons (Fsp3) is 0.545. The molecule has 0 saturated heterocycles. The van der Waals surface area contributed by atoms with E-state index < -0.39 is 0 Å². The van der Waals surface area contributed by atoms with Gasteiger partial charge < -0.3 is 10.6 Å². The summed E-state index contributed by atoms with van der Waals surface area (Å²) in [7, 11) is 1.96. The Labute approximate surface area is 95.6 Å². The summed E-state index contributed by atoms with van der Waals surface area (Å²) in [4.78, 5) is 7.68. The van der Waals surface area contributed by atoms with Crippen molar-refractivity contribution in [3.8, 4) is 0 Å². The molecule has 0 aromatic carbocycles. The molecule has 0 aliphatic heterocycles. The third kappa shape index (κ3) is 4.34. The van der Waals surface area contributed by atoms with Gasteiger partial charge in [-0.15, -0.1) is 11.3 Å². The van der Waals surface area contributed by atoms with Gasteiger partial charge in [0.25, 0.3) is 0 Å². The Kier molecular flexibility index (Phi) is 3.74. The topological polar surface area (TPSA) is 41.6 Å². The van der Waals surface area contributed by atoms with E-state index >= 15 is 0 Å². The predicted octanol–water partition coefficient (Wildman–Crippen LogP) is 2.29. The van der Waals surface area contributed by atoms with Crippen molar-refractivity contribution in [3.05, 3.63) is 22.4 Å². The number of nitrogens with two attached hydrogens (primary N) is 1. The van der Waals surface area contributed by atoms with Crippen molar-refractivity contribution >= 4 is 17.3 Å². The predicted molar refractivity (Wildman–Crippen MR) is 67.2 cm³/mol. The van der Waals surface area contributed by atoms with E-state index in [9.17, 15) is 0 Å². The Morgan fingerprint density at radius 3 is 2.67 bits per heavy atom. The van der Waals surface area contributed by atoms with Gasteiger partial charge in [0, 0.05) is 11.9 Å². The lowest BCUT2D eigenvalue weighted by Gasteiger charge is -2.21. The van der Waals surface area contributed by atoms with E-state index in [0.717, 1.165) is 6.54 Å². The van der Waals surface area contributed by atoms with Crippen LogP contribution in [0.25, 0.3) is 0 Å². The Balaban J connectivity index is 2.61. The summed E-state index contributed by atoms with van der Waals surface area (Å²) >= 11 is 1.73. The Hall–Kier alpha value is -1.03.